The summed E-state index contributed by atoms with van der Waals surface area (Å²) in [7, 11) is 0. The van der Waals surface area contributed by atoms with Crippen molar-refractivity contribution in [2.45, 2.75) is 6.43 Å². The molecule has 0 amide bonds. The zero-order chi connectivity index (χ0) is 9.14. The summed E-state index contributed by atoms with van der Waals surface area (Å²) in [6.45, 7) is 0. The average molecular weight is 175 g/mol. The monoisotopic (exact) mass is 175 g/mol. The molecule has 0 atom stereocenters. The van der Waals surface area contributed by atoms with Crippen molar-refractivity contribution in [3.63, 3.8) is 0 Å². The van der Waals surface area contributed by atoms with Crippen molar-refractivity contribution >= 4 is 6.29 Å². The highest BCUT2D eigenvalue weighted by Crippen LogP contribution is 2.20. The molecule has 1 heterocycles. The number of alkyl halides is 2. The maximum Gasteiger partial charge on any atom is 0.266 e. The number of carbonyl (C=O) groups excluding carboxylic acids is 1. The van der Waals surface area contributed by atoms with Crippen LogP contribution in [0.5, 0.6) is 0 Å². The average Bonchev–Trinajstić information content (AvgIpc) is 2.03. The molecule has 2 nitrogen and oxygen atoms in total. The van der Waals surface area contributed by atoms with E-state index in [0.717, 1.165) is 0 Å². The van der Waals surface area contributed by atoms with Crippen LogP contribution in [-0.2, 0) is 0 Å². The van der Waals surface area contributed by atoms with E-state index in [1.54, 1.807) is 0 Å². The fourth-order valence-corrected chi connectivity index (χ4v) is 0.739. The Bertz CT molecular complexity index is 301. The van der Waals surface area contributed by atoms with Crippen LogP contribution in [0.1, 0.15) is 22.3 Å². The van der Waals surface area contributed by atoms with E-state index in [0.29, 0.717) is 12.3 Å². The number of hydrogen-bond donors (Lipinski definition) is 0. The molecule has 5 heteroatoms. The van der Waals surface area contributed by atoms with Crippen molar-refractivity contribution in [1.29, 1.82) is 0 Å². The van der Waals surface area contributed by atoms with Gasteiger partial charge in [-0.1, -0.05) is 0 Å². The smallest absolute Gasteiger partial charge is 0.266 e. The molecule has 0 saturated heterocycles. The summed E-state index contributed by atoms with van der Waals surface area (Å²) in [5, 5.41) is 0. The minimum absolute atomic E-state index is 0.173. The minimum Gasteiger partial charge on any atom is -0.298 e. The van der Waals surface area contributed by atoms with E-state index in [1.807, 2.05) is 0 Å². The number of pyridine rings is 1. The van der Waals surface area contributed by atoms with Gasteiger partial charge in [0, 0.05) is 23.4 Å². The number of halogens is 3. The van der Waals surface area contributed by atoms with Crippen LogP contribution in [0.25, 0.3) is 0 Å². The van der Waals surface area contributed by atoms with Crippen LogP contribution in [0.15, 0.2) is 12.3 Å². The van der Waals surface area contributed by atoms with Gasteiger partial charge in [-0.3, -0.25) is 4.79 Å². The zero-order valence-corrected chi connectivity index (χ0v) is 5.80. The molecule has 12 heavy (non-hydrogen) atoms. The second-order valence-electron chi connectivity index (χ2n) is 2.05. The number of aromatic nitrogens is 1. The molecule has 0 aromatic carbocycles. The number of hydrogen-bond acceptors (Lipinski definition) is 2. The van der Waals surface area contributed by atoms with Crippen molar-refractivity contribution < 1.29 is 18.0 Å². The third-order valence-electron chi connectivity index (χ3n) is 1.30. The lowest BCUT2D eigenvalue weighted by Gasteiger charge is -2.00. The van der Waals surface area contributed by atoms with Gasteiger partial charge >= 0.3 is 0 Å². The third kappa shape index (κ3) is 1.61. The first-order chi connectivity index (χ1) is 5.65. The van der Waals surface area contributed by atoms with E-state index in [9.17, 15) is 18.0 Å². The maximum atomic E-state index is 12.3. The maximum absolute atomic E-state index is 12.3. The summed E-state index contributed by atoms with van der Waals surface area (Å²) in [6, 6.07) is 0.675. The molecule has 0 N–H and O–H groups in total. The van der Waals surface area contributed by atoms with Crippen molar-refractivity contribution in [2.75, 3.05) is 0 Å². The number of aldehydes is 1. The van der Waals surface area contributed by atoms with Gasteiger partial charge < -0.3 is 0 Å². The van der Waals surface area contributed by atoms with Crippen LogP contribution in [0.3, 0.4) is 0 Å². The van der Waals surface area contributed by atoms with E-state index in [1.165, 1.54) is 0 Å². The highest BCUT2D eigenvalue weighted by Gasteiger charge is 2.13. The van der Waals surface area contributed by atoms with Crippen molar-refractivity contribution in [3.8, 4) is 0 Å². The highest BCUT2D eigenvalue weighted by molar-refractivity contribution is 5.76. The van der Waals surface area contributed by atoms with Crippen molar-refractivity contribution in [3.05, 3.63) is 29.3 Å². The second-order valence-corrected chi connectivity index (χ2v) is 2.05. The molecule has 1 rings (SSSR count). The van der Waals surface area contributed by atoms with Crippen LogP contribution < -0.4 is 0 Å². The largest absolute Gasteiger partial charge is 0.298 e. The quantitative estimate of drug-likeness (QED) is 0.508. The molecule has 0 bridgehead atoms. The Morgan fingerprint density at radius 1 is 1.50 bits per heavy atom. The molecule has 0 aliphatic carbocycles. The summed E-state index contributed by atoms with van der Waals surface area (Å²) >= 11 is 0. The fraction of sp³-hybridized carbons (Fsp3) is 0.143. The SMILES string of the molecule is O=Cc1cc(F)ncc1C(F)F. The molecular weight excluding hydrogens is 171 g/mol. The van der Waals surface area contributed by atoms with Gasteiger partial charge in [-0.2, -0.15) is 4.39 Å². The minimum atomic E-state index is -2.81. The first kappa shape index (κ1) is 8.70. The van der Waals surface area contributed by atoms with Gasteiger partial charge in [-0.05, 0) is 0 Å². The van der Waals surface area contributed by atoms with Gasteiger partial charge in [0.05, 0.1) is 0 Å². The van der Waals surface area contributed by atoms with E-state index in [4.69, 9.17) is 0 Å². The van der Waals surface area contributed by atoms with E-state index < -0.39 is 17.9 Å². The first-order valence-corrected chi connectivity index (χ1v) is 3.04. The summed E-state index contributed by atoms with van der Waals surface area (Å²) in [4.78, 5) is 13.2. The van der Waals surface area contributed by atoms with Gasteiger partial charge in [-0.15, -0.1) is 0 Å². The Hall–Kier alpha value is -1.39. The number of nitrogens with zero attached hydrogens (tertiary/aromatic N) is 1. The van der Waals surface area contributed by atoms with Crippen molar-refractivity contribution in [2.24, 2.45) is 0 Å². The predicted molar refractivity (Wildman–Crippen MR) is 34.5 cm³/mol. The van der Waals surface area contributed by atoms with Crippen LogP contribution >= 0.6 is 0 Å². The second kappa shape index (κ2) is 3.34. The lowest BCUT2D eigenvalue weighted by molar-refractivity contribution is 0.110. The van der Waals surface area contributed by atoms with Gasteiger partial charge in [0.2, 0.25) is 5.95 Å². The standard InChI is InChI=1S/C7H4F3NO/c8-6-1-4(3-12)5(2-11-6)7(9)10/h1-3,7H. The molecule has 0 spiro atoms. The summed E-state index contributed by atoms with van der Waals surface area (Å²) in [6.07, 6.45) is -1.98. The fourth-order valence-electron chi connectivity index (χ4n) is 0.739. The van der Waals surface area contributed by atoms with Gasteiger partial charge in [0.15, 0.2) is 6.29 Å². The third-order valence-corrected chi connectivity index (χ3v) is 1.30. The van der Waals surface area contributed by atoms with Gasteiger partial charge in [-0.25, -0.2) is 13.8 Å². The summed E-state index contributed by atoms with van der Waals surface area (Å²) < 4.78 is 36.3. The van der Waals surface area contributed by atoms with E-state index >= 15 is 0 Å². The molecule has 0 saturated carbocycles. The van der Waals surface area contributed by atoms with Gasteiger partial charge in [0.1, 0.15) is 0 Å². The lowest BCUT2D eigenvalue weighted by Crippen LogP contribution is -1.96. The van der Waals surface area contributed by atoms with Crippen molar-refractivity contribution in [1.82, 2.24) is 4.98 Å². The molecule has 1 aromatic heterocycles. The van der Waals surface area contributed by atoms with Crippen LogP contribution in [0.2, 0.25) is 0 Å². The zero-order valence-electron chi connectivity index (χ0n) is 5.80. The summed E-state index contributed by atoms with van der Waals surface area (Å²) in [5.41, 5.74) is -0.913. The molecule has 1 aromatic rings. The molecule has 0 unspecified atom stereocenters. The molecule has 0 aliphatic heterocycles. The summed E-state index contributed by atoms with van der Waals surface area (Å²) in [5.74, 6) is -0.943. The lowest BCUT2D eigenvalue weighted by atomic mass is 10.2. The Kier molecular flexibility index (Phi) is 2.42. The van der Waals surface area contributed by atoms with Crippen LogP contribution in [0.4, 0.5) is 13.2 Å². The van der Waals surface area contributed by atoms with E-state index in [-0.39, 0.29) is 11.8 Å². The molecule has 0 fully saturated rings. The van der Waals surface area contributed by atoms with E-state index in [2.05, 4.69) is 4.98 Å². The first-order valence-electron chi connectivity index (χ1n) is 3.04. The molecule has 0 radical (unpaired) electrons. The molecular formula is C7H4F3NO. The Balaban J connectivity index is 3.20. The predicted octanol–water partition coefficient (Wildman–Crippen LogP) is 1.97. The normalized spacial score (nSPS) is 10.3. The number of rotatable bonds is 2. The van der Waals surface area contributed by atoms with Crippen LogP contribution in [-0.4, -0.2) is 11.3 Å². The van der Waals surface area contributed by atoms with Gasteiger partial charge in [0.25, 0.3) is 6.43 Å². The molecule has 0 aliphatic rings. The Morgan fingerprint density at radius 2 is 2.17 bits per heavy atom. The molecule has 64 valence electrons. The number of carbonyl (C=O) groups is 1. The Labute approximate surface area is 66.0 Å². The van der Waals surface area contributed by atoms with Crippen LogP contribution in [0, 0.1) is 5.95 Å². The highest BCUT2D eigenvalue weighted by atomic mass is 19.3. The Morgan fingerprint density at radius 3 is 2.67 bits per heavy atom. The topological polar surface area (TPSA) is 30.0 Å².